The van der Waals surface area contributed by atoms with E-state index in [1.807, 2.05) is 36.9 Å². The molecule has 2 heterocycles. The molecule has 0 atom stereocenters. The summed E-state index contributed by atoms with van der Waals surface area (Å²) >= 11 is 0. The number of nitrogens with zero attached hydrogens (tertiary/aromatic N) is 5. The van der Waals surface area contributed by atoms with Crippen molar-refractivity contribution in [3.63, 3.8) is 0 Å². The second-order valence-corrected chi connectivity index (χ2v) is 4.39. The Labute approximate surface area is 123 Å². The van der Waals surface area contributed by atoms with Gasteiger partial charge in [-0.15, -0.1) is 0 Å². The summed E-state index contributed by atoms with van der Waals surface area (Å²) in [5, 5.41) is 3.92. The van der Waals surface area contributed by atoms with Crippen molar-refractivity contribution in [2.24, 2.45) is 10.7 Å². The minimum atomic E-state index is 0.422. The fraction of sp³-hybridized carbons (Fsp3) is 0.429. The summed E-state index contributed by atoms with van der Waals surface area (Å²) in [7, 11) is 0. The Balaban J connectivity index is 1.93. The summed E-state index contributed by atoms with van der Waals surface area (Å²) in [6.07, 6.45) is 2.27. The van der Waals surface area contributed by atoms with E-state index in [0.717, 1.165) is 13.1 Å². The fourth-order valence-electron chi connectivity index (χ4n) is 1.87. The number of aliphatic imine (C=N–C) groups is 1. The molecule has 0 amide bonds. The first-order valence-corrected chi connectivity index (χ1v) is 7.03. The molecule has 0 aromatic carbocycles. The molecule has 7 nitrogen and oxygen atoms in total. The molecule has 0 saturated carbocycles. The number of rotatable bonds is 6. The Morgan fingerprint density at radius 2 is 2.14 bits per heavy atom. The highest BCUT2D eigenvalue weighted by atomic mass is 16.5. The van der Waals surface area contributed by atoms with E-state index in [1.165, 1.54) is 0 Å². The van der Waals surface area contributed by atoms with Crippen LogP contribution in [0.1, 0.15) is 19.7 Å². The first-order valence-electron chi connectivity index (χ1n) is 7.03. The number of hydrogen-bond donors (Lipinski definition) is 1. The molecule has 2 aromatic heterocycles. The van der Waals surface area contributed by atoms with E-state index in [1.54, 1.807) is 6.20 Å². The van der Waals surface area contributed by atoms with Gasteiger partial charge < -0.3 is 15.2 Å². The van der Waals surface area contributed by atoms with E-state index in [9.17, 15) is 0 Å². The SMILES string of the molecule is CCN(CC)C(N)=NCCc1noc(-c2ccccn2)n1. The van der Waals surface area contributed by atoms with Crippen LogP contribution in [0.25, 0.3) is 11.6 Å². The van der Waals surface area contributed by atoms with Crippen molar-refractivity contribution in [2.75, 3.05) is 19.6 Å². The van der Waals surface area contributed by atoms with Gasteiger partial charge >= 0.3 is 0 Å². The largest absolute Gasteiger partial charge is 0.370 e. The number of pyridine rings is 1. The molecule has 0 radical (unpaired) electrons. The van der Waals surface area contributed by atoms with E-state index in [4.69, 9.17) is 10.3 Å². The van der Waals surface area contributed by atoms with Crippen molar-refractivity contribution in [1.29, 1.82) is 0 Å². The van der Waals surface area contributed by atoms with Gasteiger partial charge in [0.05, 0.1) is 0 Å². The van der Waals surface area contributed by atoms with Gasteiger partial charge in [0.1, 0.15) is 5.69 Å². The van der Waals surface area contributed by atoms with Crippen LogP contribution in [0, 0.1) is 0 Å². The average Bonchev–Trinajstić information content (AvgIpc) is 2.98. The molecule has 0 aliphatic carbocycles. The molecule has 0 aliphatic heterocycles. The van der Waals surface area contributed by atoms with Crippen molar-refractivity contribution in [3.05, 3.63) is 30.2 Å². The van der Waals surface area contributed by atoms with Crippen LogP contribution in [0.4, 0.5) is 0 Å². The maximum atomic E-state index is 5.90. The molecule has 0 aliphatic rings. The summed E-state index contributed by atoms with van der Waals surface area (Å²) in [4.78, 5) is 14.8. The lowest BCUT2D eigenvalue weighted by molar-refractivity contribution is 0.421. The smallest absolute Gasteiger partial charge is 0.276 e. The fourth-order valence-corrected chi connectivity index (χ4v) is 1.87. The van der Waals surface area contributed by atoms with Crippen LogP contribution < -0.4 is 5.73 Å². The van der Waals surface area contributed by atoms with Crippen LogP contribution in [-0.2, 0) is 6.42 Å². The predicted molar refractivity (Wildman–Crippen MR) is 80.6 cm³/mol. The van der Waals surface area contributed by atoms with Gasteiger partial charge in [-0.05, 0) is 26.0 Å². The molecule has 0 unspecified atom stereocenters. The lowest BCUT2D eigenvalue weighted by Gasteiger charge is -2.19. The third-order valence-corrected chi connectivity index (χ3v) is 3.05. The van der Waals surface area contributed by atoms with Gasteiger partial charge in [0.25, 0.3) is 5.89 Å². The van der Waals surface area contributed by atoms with Crippen LogP contribution in [0.15, 0.2) is 33.9 Å². The van der Waals surface area contributed by atoms with Crippen molar-refractivity contribution in [3.8, 4) is 11.6 Å². The Morgan fingerprint density at radius 1 is 1.33 bits per heavy atom. The van der Waals surface area contributed by atoms with Gasteiger partial charge in [-0.1, -0.05) is 11.2 Å². The summed E-state index contributed by atoms with van der Waals surface area (Å²) in [6, 6.07) is 5.54. The van der Waals surface area contributed by atoms with Gasteiger partial charge in [-0.3, -0.25) is 9.98 Å². The van der Waals surface area contributed by atoms with Crippen LogP contribution in [0.5, 0.6) is 0 Å². The molecular formula is C14H20N6O. The minimum Gasteiger partial charge on any atom is -0.370 e. The minimum absolute atomic E-state index is 0.422. The van der Waals surface area contributed by atoms with Crippen LogP contribution in [0.3, 0.4) is 0 Å². The molecule has 21 heavy (non-hydrogen) atoms. The average molecular weight is 288 g/mol. The molecule has 112 valence electrons. The Hall–Kier alpha value is -2.44. The molecule has 2 aromatic rings. The van der Waals surface area contributed by atoms with Gasteiger partial charge in [0, 0.05) is 32.3 Å². The molecule has 0 fully saturated rings. The maximum absolute atomic E-state index is 5.90. The van der Waals surface area contributed by atoms with Crippen molar-refractivity contribution in [2.45, 2.75) is 20.3 Å². The topological polar surface area (TPSA) is 93.4 Å². The third-order valence-electron chi connectivity index (χ3n) is 3.05. The second kappa shape index (κ2) is 7.37. The highest BCUT2D eigenvalue weighted by molar-refractivity contribution is 5.77. The number of aromatic nitrogens is 3. The molecule has 2 N–H and O–H groups in total. The van der Waals surface area contributed by atoms with Crippen molar-refractivity contribution >= 4 is 5.96 Å². The summed E-state index contributed by atoms with van der Waals surface area (Å²) < 4.78 is 5.18. The van der Waals surface area contributed by atoms with E-state index >= 15 is 0 Å². The normalized spacial score (nSPS) is 11.6. The van der Waals surface area contributed by atoms with Crippen LogP contribution in [0.2, 0.25) is 0 Å². The zero-order valence-electron chi connectivity index (χ0n) is 12.4. The lowest BCUT2D eigenvalue weighted by atomic mass is 10.3. The molecule has 0 bridgehead atoms. The monoisotopic (exact) mass is 288 g/mol. The third kappa shape index (κ3) is 4.01. The number of guanidine groups is 1. The van der Waals surface area contributed by atoms with E-state index in [2.05, 4.69) is 20.1 Å². The van der Waals surface area contributed by atoms with Gasteiger partial charge in [-0.25, -0.2) is 0 Å². The van der Waals surface area contributed by atoms with Gasteiger partial charge in [-0.2, -0.15) is 4.98 Å². The quantitative estimate of drug-likeness (QED) is 0.636. The second-order valence-electron chi connectivity index (χ2n) is 4.39. The summed E-state index contributed by atoms with van der Waals surface area (Å²) in [5.74, 6) is 1.58. The Bertz CT molecular complexity index is 576. The molecular weight excluding hydrogens is 268 g/mol. The zero-order chi connectivity index (χ0) is 15.1. The highest BCUT2D eigenvalue weighted by Crippen LogP contribution is 2.13. The van der Waals surface area contributed by atoms with E-state index in [0.29, 0.717) is 36.3 Å². The Kier molecular flexibility index (Phi) is 5.25. The zero-order valence-corrected chi connectivity index (χ0v) is 12.4. The Morgan fingerprint density at radius 3 is 2.81 bits per heavy atom. The molecule has 0 saturated heterocycles. The first kappa shape index (κ1) is 15.0. The van der Waals surface area contributed by atoms with Crippen LogP contribution >= 0.6 is 0 Å². The number of hydrogen-bond acceptors (Lipinski definition) is 5. The van der Waals surface area contributed by atoms with Crippen LogP contribution in [-0.4, -0.2) is 45.6 Å². The molecule has 2 rings (SSSR count). The lowest BCUT2D eigenvalue weighted by Crippen LogP contribution is -2.37. The number of nitrogens with two attached hydrogens (primary N) is 1. The predicted octanol–water partition coefficient (Wildman–Crippen LogP) is 1.33. The summed E-state index contributed by atoms with van der Waals surface area (Å²) in [5.41, 5.74) is 6.57. The van der Waals surface area contributed by atoms with Crippen molar-refractivity contribution in [1.82, 2.24) is 20.0 Å². The van der Waals surface area contributed by atoms with Gasteiger partial charge in [0.15, 0.2) is 11.8 Å². The molecule has 0 spiro atoms. The van der Waals surface area contributed by atoms with E-state index in [-0.39, 0.29) is 0 Å². The summed E-state index contributed by atoms with van der Waals surface area (Å²) in [6.45, 7) is 6.31. The van der Waals surface area contributed by atoms with Gasteiger partial charge in [0.2, 0.25) is 0 Å². The molecule has 7 heteroatoms. The van der Waals surface area contributed by atoms with Crippen molar-refractivity contribution < 1.29 is 4.52 Å². The van der Waals surface area contributed by atoms with E-state index < -0.39 is 0 Å². The highest BCUT2D eigenvalue weighted by Gasteiger charge is 2.09. The standard InChI is InChI=1S/C14H20N6O/c1-3-20(4-2)14(15)17-10-8-12-18-13(21-19-12)11-7-5-6-9-16-11/h5-7,9H,3-4,8,10H2,1-2H3,(H2,15,17). The maximum Gasteiger partial charge on any atom is 0.276 e. The first-order chi connectivity index (χ1) is 10.2.